The van der Waals surface area contributed by atoms with E-state index in [9.17, 15) is 12.8 Å². The summed E-state index contributed by atoms with van der Waals surface area (Å²) < 4.78 is 40.5. The molecule has 3 rings (SSSR count). The molecule has 2 atom stereocenters. The molecular weight excluding hydrogens is 267 g/mol. The highest BCUT2D eigenvalue weighted by Crippen LogP contribution is 2.33. The van der Waals surface area contributed by atoms with Gasteiger partial charge in [0.2, 0.25) is 10.0 Å². The highest BCUT2D eigenvalue weighted by atomic mass is 32.2. The Kier molecular flexibility index (Phi) is 3.11. The summed E-state index contributed by atoms with van der Waals surface area (Å²) in [6, 6.07) is 4.20. The number of hydrogen-bond acceptors (Lipinski definition) is 3. The molecule has 2 aliphatic rings. The third kappa shape index (κ3) is 2.07. The second-order valence-electron chi connectivity index (χ2n) is 5.32. The number of hydrogen-bond donors (Lipinski definition) is 1. The highest BCUT2D eigenvalue weighted by Gasteiger charge is 2.44. The number of nitrogens with one attached hydrogen (secondary N) is 1. The van der Waals surface area contributed by atoms with Gasteiger partial charge in [-0.1, -0.05) is 6.07 Å². The minimum atomic E-state index is -3.73. The Hall–Kier alpha value is -0.980. The van der Waals surface area contributed by atoms with Gasteiger partial charge in [0.15, 0.2) is 0 Å². The molecule has 1 aromatic rings. The number of nitrogens with zero attached hydrogens (tertiary/aromatic N) is 1. The molecular formula is C13H17FN2O2S. The van der Waals surface area contributed by atoms with Crippen molar-refractivity contribution in [3.05, 3.63) is 29.6 Å². The van der Waals surface area contributed by atoms with Crippen LogP contribution in [0.1, 0.15) is 12.0 Å². The van der Waals surface area contributed by atoms with E-state index in [2.05, 4.69) is 5.32 Å². The predicted octanol–water partition coefficient (Wildman–Crippen LogP) is 1.12. The van der Waals surface area contributed by atoms with Crippen LogP contribution in [0.25, 0.3) is 0 Å². The lowest BCUT2D eigenvalue weighted by molar-refractivity contribution is 0.380. The fourth-order valence-electron chi connectivity index (χ4n) is 3.04. The van der Waals surface area contributed by atoms with Gasteiger partial charge < -0.3 is 5.32 Å². The van der Waals surface area contributed by atoms with E-state index in [1.807, 2.05) is 0 Å². The lowest BCUT2D eigenvalue weighted by Crippen LogP contribution is -2.39. The standard InChI is InChI=1S/C13H17FN2O2S/c1-9-2-3-11(14)13(6-9)19(17,18)16-5-4-10-7-15-8-12(10)16/h2-3,6,10,12,15H,4-5,7-8H2,1H3/t10-,12+/m0/s1. The van der Waals surface area contributed by atoms with Crippen LogP contribution in [0, 0.1) is 18.7 Å². The molecule has 0 aromatic heterocycles. The van der Waals surface area contributed by atoms with Crippen molar-refractivity contribution in [2.45, 2.75) is 24.3 Å². The molecule has 0 spiro atoms. The maximum atomic E-state index is 13.8. The van der Waals surface area contributed by atoms with Crippen LogP contribution in [-0.2, 0) is 10.0 Å². The molecule has 2 heterocycles. The number of halogens is 1. The highest BCUT2D eigenvalue weighted by molar-refractivity contribution is 7.89. The van der Waals surface area contributed by atoms with Gasteiger partial charge in [-0.05, 0) is 43.5 Å². The summed E-state index contributed by atoms with van der Waals surface area (Å²) in [6.45, 7) is 3.78. The number of rotatable bonds is 2. The van der Waals surface area contributed by atoms with Crippen LogP contribution in [-0.4, -0.2) is 38.4 Å². The Balaban J connectivity index is 2.01. The van der Waals surface area contributed by atoms with Crippen molar-refractivity contribution in [3.8, 4) is 0 Å². The van der Waals surface area contributed by atoms with Crippen molar-refractivity contribution in [3.63, 3.8) is 0 Å². The number of aryl methyl sites for hydroxylation is 1. The second-order valence-corrected chi connectivity index (χ2v) is 7.18. The van der Waals surface area contributed by atoms with Crippen LogP contribution in [0.5, 0.6) is 0 Å². The maximum absolute atomic E-state index is 13.8. The molecule has 4 nitrogen and oxygen atoms in total. The zero-order valence-corrected chi connectivity index (χ0v) is 11.6. The Bertz CT molecular complexity index is 603. The van der Waals surface area contributed by atoms with E-state index in [-0.39, 0.29) is 10.9 Å². The average molecular weight is 284 g/mol. The van der Waals surface area contributed by atoms with Crippen LogP contribution in [0.15, 0.2) is 23.1 Å². The molecule has 0 radical (unpaired) electrons. The zero-order valence-electron chi connectivity index (χ0n) is 10.8. The van der Waals surface area contributed by atoms with Crippen molar-refractivity contribution in [2.24, 2.45) is 5.92 Å². The number of fused-ring (bicyclic) bond motifs is 1. The van der Waals surface area contributed by atoms with Gasteiger partial charge in [-0.15, -0.1) is 0 Å². The summed E-state index contributed by atoms with van der Waals surface area (Å²) in [5.41, 5.74) is 0.750. The average Bonchev–Trinajstić information content (AvgIpc) is 2.93. The molecule has 1 aromatic carbocycles. The van der Waals surface area contributed by atoms with E-state index < -0.39 is 15.8 Å². The lowest BCUT2D eigenvalue weighted by atomic mass is 10.1. The van der Waals surface area contributed by atoms with Crippen LogP contribution in [0.4, 0.5) is 4.39 Å². The van der Waals surface area contributed by atoms with E-state index in [0.717, 1.165) is 18.5 Å². The van der Waals surface area contributed by atoms with E-state index in [1.165, 1.54) is 16.4 Å². The smallest absolute Gasteiger partial charge is 0.246 e. The molecule has 2 aliphatic heterocycles. The normalized spacial score (nSPS) is 27.7. The first-order valence-electron chi connectivity index (χ1n) is 6.49. The van der Waals surface area contributed by atoms with Crippen LogP contribution in [0.2, 0.25) is 0 Å². The van der Waals surface area contributed by atoms with Crippen molar-refractivity contribution < 1.29 is 12.8 Å². The zero-order chi connectivity index (χ0) is 13.6. The summed E-state index contributed by atoms with van der Waals surface area (Å²) in [6.07, 6.45) is 0.852. The molecule has 1 N–H and O–H groups in total. The van der Waals surface area contributed by atoms with E-state index >= 15 is 0 Å². The molecule has 0 amide bonds. The number of sulfonamides is 1. The third-order valence-corrected chi connectivity index (χ3v) is 6.01. The van der Waals surface area contributed by atoms with Crippen molar-refractivity contribution >= 4 is 10.0 Å². The molecule has 6 heteroatoms. The van der Waals surface area contributed by atoms with E-state index in [4.69, 9.17) is 0 Å². The molecule has 2 fully saturated rings. The minimum Gasteiger partial charge on any atom is -0.315 e. The third-order valence-electron chi connectivity index (χ3n) is 4.07. The summed E-state index contributed by atoms with van der Waals surface area (Å²) in [4.78, 5) is -0.194. The lowest BCUT2D eigenvalue weighted by Gasteiger charge is -2.23. The van der Waals surface area contributed by atoms with E-state index in [1.54, 1.807) is 13.0 Å². The Labute approximate surface area is 112 Å². The Morgan fingerprint density at radius 2 is 2.16 bits per heavy atom. The largest absolute Gasteiger partial charge is 0.315 e. The van der Waals surface area contributed by atoms with Crippen molar-refractivity contribution in [1.82, 2.24) is 9.62 Å². The van der Waals surface area contributed by atoms with Gasteiger partial charge in [-0.2, -0.15) is 4.31 Å². The molecule has 0 aliphatic carbocycles. The molecule has 0 bridgehead atoms. The second kappa shape index (κ2) is 4.54. The van der Waals surface area contributed by atoms with Gasteiger partial charge in [0.1, 0.15) is 10.7 Å². The van der Waals surface area contributed by atoms with Crippen LogP contribution >= 0.6 is 0 Å². The quantitative estimate of drug-likeness (QED) is 0.885. The number of benzene rings is 1. The minimum absolute atomic E-state index is 0.0232. The Morgan fingerprint density at radius 3 is 2.95 bits per heavy atom. The molecule has 0 unspecified atom stereocenters. The van der Waals surface area contributed by atoms with Gasteiger partial charge in [-0.3, -0.25) is 0 Å². The van der Waals surface area contributed by atoms with Gasteiger partial charge >= 0.3 is 0 Å². The SMILES string of the molecule is Cc1ccc(F)c(S(=O)(=O)N2CC[C@H]3CNC[C@H]32)c1. The topological polar surface area (TPSA) is 49.4 Å². The maximum Gasteiger partial charge on any atom is 0.246 e. The van der Waals surface area contributed by atoms with Crippen molar-refractivity contribution in [1.29, 1.82) is 0 Å². The first kappa shape index (κ1) is 13.0. The molecule has 2 saturated heterocycles. The first-order valence-corrected chi connectivity index (χ1v) is 7.93. The van der Waals surface area contributed by atoms with Gasteiger partial charge in [0.05, 0.1) is 0 Å². The summed E-state index contributed by atoms with van der Waals surface area (Å²) in [5, 5.41) is 3.20. The van der Waals surface area contributed by atoms with Crippen LogP contribution in [0.3, 0.4) is 0 Å². The van der Waals surface area contributed by atoms with E-state index in [0.29, 0.717) is 19.0 Å². The fraction of sp³-hybridized carbons (Fsp3) is 0.538. The predicted molar refractivity (Wildman–Crippen MR) is 69.8 cm³/mol. The van der Waals surface area contributed by atoms with Gasteiger partial charge in [0.25, 0.3) is 0 Å². The molecule has 19 heavy (non-hydrogen) atoms. The van der Waals surface area contributed by atoms with Gasteiger partial charge in [0, 0.05) is 19.1 Å². The molecule has 104 valence electrons. The van der Waals surface area contributed by atoms with Gasteiger partial charge in [-0.25, -0.2) is 12.8 Å². The van der Waals surface area contributed by atoms with Crippen molar-refractivity contribution in [2.75, 3.05) is 19.6 Å². The first-order chi connectivity index (χ1) is 9.00. The van der Waals surface area contributed by atoms with Crippen LogP contribution < -0.4 is 5.32 Å². The monoisotopic (exact) mass is 284 g/mol. The summed E-state index contributed by atoms with van der Waals surface area (Å²) in [5.74, 6) is -0.303. The Morgan fingerprint density at radius 1 is 1.37 bits per heavy atom. The summed E-state index contributed by atoms with van der Waals surface area (Å²) in [7, 11) is -3.73. The summed E-state index contributed by atoms with van der Waals surface area (Å²) >= 11 is 0. The molecule has 0 saturated carbocycles. The fourth-order valence-corrected chi connectivity index (χ4v) is 4.89.